The van der Waals surface area contributed by atoms with Gasteiger partial charge in [-0.2, -0.15) is 0 Å². The molecule has 1 N–H and O–H groups in total. The van der Waals surface area contributed by atoms with Gasteiger partial charge in [-0.1, -0.05) is 0 Å². The minimum absolute atomic E-state index is 0.218. The van der Waals surface area contributed by atoms with Gasteiger partial charge >= 0.3 is 181 Å². The van der Waals surface area contributed by atoms with Gasteiger partial charge in [-0.05, 0) is 18.9 Å². The molecule has 0 unspecified atom stereocenters. The van der Waals surface area contributed by atoms with Crippen molar-refractivity contribution in [1.82, 2.24) is 19.9 Å². The summed E-state index contributed by atoms with van der Waals surface area (Å²) in [5, 5.41) is 2.87. The Morgan fingerprint density at radius 3 is 2.77 bits per heavy atom. The van der Waals surface area contributed by atoms with E-state index in [0.29, 0.717) is 23.8 Å². The normalized spacial score (nSPS) is 16.7. The molecule has 1 aliphatic heterocycles. The van der Waals surface area contributed by atoms with Crippen LogP contribution in [0.2, 0.25) is 0 Å². The summed E-state index contributed by atoms with van der Waals surface area (Å²) in [5.74, 6) is 1.92. The second kappa shape index (κ2) is 10.9. The van der Waals surface area contributed by atoms with Gasteiger partial charge in [0.25, 0.3) is 0 Å². The number of hydrogen-bond acceptors (Lipinski definition) is 4. The first kappa shape index (κ1) is 23.4. The molecule has 2 aliphatic rings. The molecule has 5 rings (SSSR count). The molecule has 1 aliphatic carbocycles. The third-order valence-electron chi connectivity index (χ3n) is 5.98. The summed E-state index contributed by atoms with van der Waals surface area (Å²) >= 11 is 1.34. The van der Waals surface area contributed by atoms with Gasteiger partial charge in [-0.15, -0.1) is 0 Å². The summed E-state index contributed by atoms with van der Waals surface area (Å²) in [4.78, 5) is 22.2. The van der Waals surface area contributed by atoms with Gasteiger partial charge in [0.15, 0.2) is 0 Å². The monoisotopic (exact) mass is 634 g/mol. The number of benzene rings is 1. The van der Waals surface area contributed by atoms with E-state index in [1.807, 2.05) is 61.1 Å². The molecule has 1 saturated carbocycles. The van der Waals surface area contributed by atoms with E-state index in [4.69, 9.17) is 4.74 Å². The molecule has 2 aromatic heterocycles. The van der Waals surface area contributed by atoms with E-state index >= 15 is 0 Å². The summed E-state index contributed by atoms with van der Waals surface area (Å²) in [5.41, 5.74) is 3.56. The number of nitrogens with one attached hydrogen (secondary N) is 1. The number of hydrogen-bond donors (Lipinski definition) is 1. The molecular weight excluding hydrogens is 608 g/mol. The van der Waals surface area contributed by atoms with Gasteiger partial charge in [-0.3, -0.25) is 4.98 Å². The Morgan fingerprint density at radius 2 is 1.94 bits per heavy atom. The van der Waals surface area contributed by atoms with Crippen molar-refractivity contribution in [2.24, 2.45) is 0 Å². The number of allylic oxidation sites excluding steroid dienone is 4. The van der Waals surface area contributed by atoms with E-state index in [1.54, 1.807) is 6.20 Å². The summed E-state index contributed by atoms with van der Waals surface area (Å²) in [6, 6.07) is 9.89. The Balaban J connectivity index is 1.39. The SMILES string of the molecule is O=C1NC=CC=C[C](=[W])c2nccn2CCC=CCOc2ccc(-c3ccc(C4CC4)nc3)cc21. The summed E-state index contributed by atoms with van der Waals surface area (Å²) in [6.07, 6.45) is 20.5. The van der Waals surface area contributed by atoms with Crippen LogP contribution in [0.5, 0.6) is 5.75 Å². The molecule has 1 fully saturated rings. The van der Waals surface area contributed by atoms with Crippen LogP contribution in [0.25, 0.3) is 11.1 Å². The van der Waals surface area contributed by atoms with E-state index in [2.05, 4.69) is 38.1 Å². The van der Waals surface area contributed by atoms with Gasteiger partial charge in [0.1, 0.15) is 0 Å². The number of imidazole rings is 1. The fourth-order valence-corrected chi connectivity index (χ4v) is 4.83. The minimum atomic E-state index is -0.218. The third kappa shape index (κ3) is 5.83. The molecule has 3 aromatic rings. The predicted molar refractivity (Wildman–Crippen MR) is 133 cm³/mol. The van der Waals surface area contributed by atoms with Crippen LogP contribution in [-0.2, 0) is 25.9 Å². The first-order valence-electron chi connectivity index (χ1n) is 11.8. The molecule has 1 amide bonds. The fourth-order valence-electron chi connectivity index (χ4n) is 3.94. The molecule has 0 bridgehead atoms. The number of nitrogens with zero attached hydrogens (tertiary/aromatic N) is 3. The predicted octanol–water partition coefficient (Wildman–Crippen LogP) is 4.73. The standard InChI is InChI=1S/C28H26N4O2.W/c33-28-24-19-22(23-10-12-25(31-20-23)21-8-9-21)11-13-26(24)34-18-6-2-5-16-32-17-15-29-27(32)7-3-1-4-14-30-28;/h1-4,6,10-15,17,19-21H,5,8-9,16,18H2,(H,30,33);. The van der Waals surface area contributed by atoms with Gasteiger partial charge in [-0.25, -0.2) is 0 Å². The fraction of sp³-hybridized carbons (Fsp3) is 0.214. The average Bonchev–Trinajstić information content (AvgIpc) is 3.63. The molecule has 0 saturated heterocycles. The van der Waals surface area contributed by atoms with Crippen molar-refractivity contribution >= 4 is 9.81 Å². The zero-order valence-electron chi connectivity index (χ0n) is 19.3. The van der Waals surface area contributed by atoms with Crippen LogP contribution in [-0.4, -0.2) is 30.9 Å². The number of pyridine rings is 1. The molecule has 176 valence electrons. The van der Waals surface area contributed by atoms with Crippen LogP contribution in [0.1, 0.15) is 47.1 Å². The Morgan fingerprint density at radius 1 is 1.06 bits per heavy atom. The molecule has 0 atom stereocenters. The van der Waals surface area contributed by atoms with Crippen LogP contribution in [0.3, 0.4) is 0 Å². The van der Waals surface area contributed by atoms with Crippen molar-refractivity contribution in [2.45, 2.75) is 31.7 Å². The van der Waals surface area contributed by atoms with E-state index in [1.165, 1.54) is 32.2 Å². The molecule has 6 nitrogen and oxygen atoms in total. The van der Waals surface area contributed by atoms with Crippen LogP contribution < -0.4 is 10.1 Å². The quantitative estimate of drug-likeness (QED) is 0.415. The number of aromatic nitrogens is 3. The second-order valence-corrected chi connectivity index (χ2v) is 10.1. The van der Waals surface area contributed by atoms with Crippen molar-refractivity contribution in [2.75, 3.05) is 6.61 Å². The average molecular weight is 634 g/mol. The molecule has 7 heteroatoms. The molecule has 35 heavy (non-hydrogen) atoms. The maximum absolute atomic E-state index is 13.1. The van der Waals surface area contributed by atoms with Gasteiger partial charge < -0.3 is 0 Å². The topological polar surface area (TPSA) is 69.0 Å². The number of ether oxygens (including phenoxy) is 1. The number of fused-ring (bicyclic) bond motifs is 2. The zero-order valence-corrected chi connectivity index (χ0v) is 22.2. The Bertz CT molecular complexity index is 1320. The van der Waals surface area contributed by atoms with Crippen molar-refractivity contribution in [1.29, 1.82) is 0 Å². The summed E-state index contributed by atoms with van der Waals surface area (Å²) < 4.78 is 9.28. The maximum atomic E-state index is 13.1. The van der Waals surface area contributed by atoms with E-state index in [0.717, 1.165) is 39.5 Å². The Labute approximate surface area is 215 Å². The van der Waals surface area contributed by atoms with E-state index in [9.17, 15) is 4.79 Å². The summed E-state index contributed by atoms with van der Waals surface area (Å²) in [6.45, 7) is 1.24. The van der Waals surface area contributed by atoms with Gasteiger partial charge in [0, 0.05) is 11.6 Å². The van der Waals surface area contributed by atoms with Crippen molar-refractivity contribution in [3.8, 4) is 16.9 Å². The first-order chi connectivity index (χ1) is 17.2. The summed E-state index contributed by atoms with van der Waals surface area (Å²) in [7, 11) is 0. The van der Waals surface area contributed by atoms with Crippen LogP contribution in [0, 0.1) is 0 Å². The Kier molecular flexibility index (Phi) is 7.29. The molecular formula is C28H26N4O2W. The van der Waals surface area contributed by atoms with Gasteiger partial charge in [0.2, 0.25) is 0 Å². The van der Waals surface area contributed by atoms with Crippen LogP contribution in [0.4, 0.5) is 0 Å². The molecule has 0 spiro atoms. The number of aryl methyl sites for hydroxylation is 1. The van der Waals surface area contributed by atoms with Crippen molar-refractivity contribution < 1.29 is 28.9 Å². The molecule has 3 heterocycles. The van der Waals surface area contributed by atoms with Crippen molar-refractivity contribution in [3.05, 3.63) is 103 Å². The zero-order chi connectivity index (χ0) is 24.0. The van der Waals surface area contributed by atoms with E-state index in [-0.39, 0.29) is 5.91 Å². The van der Waals surface area contributed by atoms with Crippen molar-refractivity contribution in [3.63, 3.8) is 0 Å². The van der Waals surface area contributed by atoms with Gasteiger partial charge in [0.05, 0.1) is 0 Å². The Hall–Kier alpha value is -3.37. The van der Waals surface area contributed by atoms with Crippen LogP contribution >= 0.6 is 0 Å². The molecule has 0 radical (unpaired) electrons. The van der Waals surface area contributed by atoms with Crippen LogP contribution in [0.15, 0.2) is 85.5 Å². The number of carbonyl (C=O) groups is 1. The van der Waals surface area contributed by atoms with E-state index < -0.39 is 0 Å². The number of rotatable bonds is 2. The second-order valence-electron chi connectivity index (χ2n) is 8.53. The first-order valence-corrected chi connectivity index (χ1v) is 13.2. The number of amides is 1. The molecule has 1 aromatic carbocycles. The number of carbonyl (C=O) groups excluding carboxylic acids is 1. The third-order valence-corrected chi connectivity index (χ3v) is 7.13.